The number of nitrogens with zero attached hydrogens (tertiary/aromatic N) is 1. The SMILES string of the molecule is CN1CCC(NC(=O)NC2CCCCC2)(c2ccccc2)CC1. The van der Waals surface area contributed by atoms with Crippen LogP contribution in [0.3, 0.4) is 0 Å². The van der Waals surface area contributed by atoms with Crippen LogP contribution in [0.25, 0.3) is 0 Å². The van der Waals surface area contributed by atoms with Crippen molar-refractivity contribution in [2.75, 3.05) is 20.1 Å². The molecule has 1 aromatic carbocycles. The normalized spacial score (nSPS) is 22.5. The second-order valence-electron chi connectivity index (χ2n) is 7.18. The molecule has 2 amide bonds. The van der Waals surface area contributed by atoms with Crippen LogP contribution in [-0.4, -0.2) is 37.1 Å². The molecule has 2 aliphatic rings. The molecule has 126 valence electrons. The number of hydrogen-bond acceptors (Lipinski definition) is 2. The highest BCUT2D eigenvalue weighted by Crippen LogP contribution is 2.32. The van der Waals surface area contributed by atoms with Gasteiger partial charge in [0.1, 0.15) is 0 Å². The number of carbonyl (C=O) groups excluding carboxylic acids is 1. The smallest absolute Gasteiger partial charge is 0.315 e. The average Bonchev–Trinajstić information content (AvgIpc) is 2.59. The van der Waals surface area contributed by atoms with Crippen molar-refractivity contribution in [1.82, 2.24) is 15.5 Å². The Labute approximate surface area is 139 Å². The van der Waals surface area contributed by atoms with Crippen LogP contribution in [0.4, 0.5) is 4.79 Å². The predicted octanol–water partition coefficient (Wildman–Crippen LogP) is 3.24. The van der Waals surface area contributed by atoms with Crippen LogP contribution in [0, 0.1) is 0 Å². The van der Waals surface area contributed by atoms with E-state index >= 15 is 0 Å². The van der Waals surface area contributed by atoms with Gasteiger partial charge in [-0.25, -0.2) is 4.79 Å². The largest absolute Gasteiger partial charge is 0.335 e. The monoisotopic (exact) mass is 315 g/mol. The molecule has 2 N–H and O–H groups in total. The van der Waals surface area contributed by atoms with Crippen LogP contribution in [0.2, 0.25) is 0 Å². The van der Waals surface area contributed by atoms with Gasteiger partial charge in [-0.3, -0.25) is 0 Å². The quantitative estimate of drug-likeness (QED) is 0.899. The molecule has 0 radical (unpaired) electrons. The Balaban J connectivity index is 1.70. The van der Waals surface area contributed by atoms with E-state index in [4.69, 9.17) is 0 Å². The van der Waals surface area contributed by atoms with Gasteiger partial charge < -0.3 is 15.5 Å². The minimum absolute atomic E-state index is 0.00491. The fourth-order valence-electron chi connectivity index (χ4n) is 3.93. The Morgan fingerprint density at radius 2 is 1.74 bits per heavy atom. The van der Waals surface area contributed by atoms with Crippen LogP contribution in [0.5, 0.6) is 0 Å². The van der Waals surface area contributed by atoms with Crippen molar-refractivity contribution >= 4 is 6.03 Å². The van der Waals surface area contributed by atoms with Gasteiger partial charge in [0.05, 0.1) is 5.54 Å². The molecule has 4 heteroatoms. The van der Waals surface area contributed by atoms with Crippen LogP contribution in [0.1, 0.15) is 50.5 Å². The van der Waals surface area contributed by atoms with Crippen molar-refractivity contribution in [3.05, 3.63) is 35.9 Å². The van der Waals surface area contributed by atoms with Crippen molar-refractivity contribution in [3.63, 3.8) is 0 Å². The fourth-order valence-corrected chi connectivity index (χ4v) is 3.93. The molecule has 3 rings (SSSR count). The third-order valence-electron chi connectivity index (χ3n) is 5.46. The van der Waals surface area contributed by atoms with Gasteiger partial charge in [0.25, 0.3) is 0 Å². The van der Waals surface area contributed by atoms with E-state index in [0.29, 0.717) is 6.04 Å². The molecule has 2 fully saturated rings. The van der Waals surface area contributed by atoms with Crippen LogP contribution in [-0.2, 0) is 5.54 Å². The molecular formula is C19H29N3O. The zero-order valence-electron chi connectivity index (χ0n) is 14.2. The number of hydrogen-bond donors (Lipinski definition) is 2. The first-order valence-electron chi connectivity index (χ1n) is 9.01. The third-order valence-corrected chi connectivity index (χ3v) is 5.46. The molecule has 0 aromatic heterocycles. The number of benzene rings is 1. The van der Waals surface area contributed by atoms with Crippen molar-refractivity contribution < 1.29 is 4.79 Å². The highest BCUT2D eigenvalue weighted by atomic mass is 16.2. The Morgan fingerprint density at radius 1 is 1.09 bits per heavy atom. The average molecular weight is 315 g/mol. The Bertz CT molecular complexity index is 503. The summed E-state index contributed by atoms with van der Waals surface area (Å²) < 4.78 is 0. The summed E-state index contributed by atoms with van der Waals surface area (Å²) in [4.78, 5) is 14.9. The molecule has 1 aliphatic carbocycles. The van der Waals surface area contributed by atoms with Gasteiger partial charge >= 0.3 is 6.03 Å². The van der Waals surface area contributed by atoms with Gasteiger partial charge in [0.2, 0.25) is 0 Å². The summed E-state index contributed by atoms with van der Waals surface area (Å²) in [7, 11) is 2.15. The summed E-state index contributed by atoms with van der Waals surface area (Å²) in [5.74, 6) is 0. The second kappa shape index (κ2) is 7.35. The minimum atomic E-state index is -0.230. The van der Waals surface area contributed by atoms with E-state index in [-0.39, 0.29) is 11.6 Å². The van der Waals surface area contributed by atoms with E-state index in [0.717, 1.165) is 38.8 Å². The number of nitrogens with one attached hydrogen (secondary N) is 2. The number of amides is 2. The Hall–Kier alpha value is -1.55. The zero-order chi connectivity index (χ0) is 16.1. The molecular weight excluding hydrogens is 286 g/mol. The predicted molar refractivity (Wildman–Crippen MR) is 93.4 cm³/mol. The second-order valence-corrected chi connectivity index (χ2v) is 7.18. The lowest BCUT2D eigenvalue weighted by Gasteiger charge is -2.42. The number of piperidine rings is 1. The standard InChI is InChI=1S/C19H29N3O/c1-22-14-12-19(13-15-22,16-8-4-2-5-9-16)21-18(23)20-17-10-6-3-7-11-17/h2,4-5,8-9,17H,3,6-7,10-15H2,1H3,(H2,20,21,23). The molecule has 1 aromatic rings. The number of urea groups is 1. The molecule has 0 unspecified atom stereocenters. The third kappa shape index (κ3) is 4.05. The molecule has 23 heavy (non-hydrogen) atoms. The topological polar surface area (TPSA) is 44.4 Å². The molecule has 1 saturated carbocycles. The highest BCUT2D eigenvalue weighted by molar-refractivity contribution is 5.75. The lowest BCUT2D eigenvalue weighted by atomic mass is 9.81. The van der Waals surface area contributed by atoms with E-state index in [1.165, 1.54) is 24.8 Å². The van der Waals surface area contributed by atoms with Gasteiger partial charge in [-0.2, -0.15) is 0 Å². The zero-order valence-corrected chi connectivity index (χ0v) is 14.2. The van der Waals surface area contributed by atoms with E-state index in [1.54, 1.807) is 0 Å². The summed E-state index contributed by atoms with van der Waals surface area (Å²) in [5, 5.41) is 6.55. The lowest BCUT2D eigenvalue weighted by molar-refractivity contribution is 0.154. The van der Waals surface area contributed by atoms with Crippen LogP contribution in [0.15, 0.2) is 30.3 Å². The summed E-state index contributed by atoms with van der Waals surface area (Å²) in [6.45, 7) is 2.03. The molecule has 0 bridgehead atoms. The van der Waals surface area contributed by atoms with Gasteiger partial charge in [-0.1, -0.05) is 49.6 Å². The van der Waals surface area contributed by atoms with Crippen molar-refractivity contribution in [1.29, 1.82) is 0 Å². The Morgan fingerprint density at radius 3 is 2.39 bits per heavy atom. The first kappa shape index (κ1) is 16.3. The molecule has 1 aliphatic heterocycles. The number of likely N-dealkylation sites (tertiary alicyclic amines) is 1. The van der Waals surface area contributed by atoms with Crippen LogP contribution >= 0.6 is 0 Å². The molecule has 1 heterocycles. The van der Waals surface area contributed by atoms with E-state index in [1.807, 2.05) is 6.07 Å². The van der Waals surface area contributed by atoms with Gasteiger partial charge in [-0.05, 0) is 38.3 Å². The maximum Gasteiger partial charge on any atom is 0.315 e. The number of carbonyl (C=O) groups is 1. The van der Waals surface area contributed by atoms with Gasteiger partial charge in [-0.15, -0.1) is 0 Å². The summed E-state index contributed by atoms with van der Waals surface area (Å²) >= 11 is 0. The van der Waals surface area contributed by atoms with E-state index < -0.39 is 0 Å². The first-order valence-corrected chi connectivity index (χ1v) is 9.01. The first-order chi connectivity index (χ1) is 11.2. The Kier molecular flexibility index (Phi) is 5.21. The lowest BCUT2D eigenvalue weighted by Crippen LogP contribution is -2.56. The number of rotatable bonds is 3. The highest BCUT2D eigenvalue weighted by Gasteiger charge is 2.37. The van der Waals surface area contributed by atoms with Crippen LogP contribution < -0.4 is 10.6 Å². The molecule has 1 saturated heterocycles. The van der Waals surface area contributed by atoms with E-state index in [9.17, 15) is 4.79 Å². The van der Waals surface area contributed by atoms with Crippen molar-refractivity contribution in [2.45, 2.75) is 56.5 Å². The molecule has 4 nitrogen and oxygen atoms in total. The summed E-state index contributed by atoms with van der Waals surface area (Å²) in [5.41, 5.74) is 0.999. The van der Waals surface area contributed by atoms with Gasteiger partial charge in [0.15, 0.2) is 0 Å². The fraction of sp³-hybridized carbons (Fsp3) is 0.632. The maximum absolute atomic E-state index is 12.6. The van der Waals surface area contributed by atoms with Crippen molar-refractivity contribution in [2.24, 2.45) is 0 Å². The van der Waals surface area contributed by atoms with E-state index in [2.05, 4.69) is 46.8 Å². The molecule has 0 spiro atoms. The minimum Gasteiger partial charge on any atom is -0.335 e. The molecule has 0 atom stereocenters. The summed E-state index contributed by atoms with van der Waals surface area (Å²) in [6, 6.07) is 10.8. The van der Waals surface area contributed by atoms with Gasteiger partial charge in [0, 0.05) is 19.1 Å². The summed E-state index contributed by atoms with van der Waals surface area (Å²) in [6.07, 6.45) is 7.94. The maximum atomic E-state index is 12.6. The van der Waals surface area contributed by atoms with Crippen molar-refractivity contribution in [3.8, 4) is 0 Å².